The molecule has 3 N–H and O–H groups in total. The maximum absolute atomic E-state index is 13.2. The largest absolute Gasteiger partial charge is 0.480 e. The van der Waals surface area contributed by atoms with E-state index in [-0.39, 0.29) is 13.0 Å². The van der Waals surface area contributed by atoms with Gasteiger partial charge in [0.2, 0.25) is 11.8 Å². The lowest BCUT2D eigenvalue weighted by molar-refractivity contribution is -0.153. The third-order valence-electron chi connectivity index (χ3n) is 6.42. The van der Waals surface area contributed by atoms with Gasteiger partial charge in [0.25, 0.3) is 0 Å². The molecule has 0 saturated carbocycles. The van der Waals surface area contributed by atoms with E-state index in [0.29, 0.717) is 5.56 Å². The van der Waals surface area contributed by atoms with Gasteiger partial charge >= 0.3 is 5.97 Å². The Morgan fingerprint density at radius 2 is 1.70 bits per heavy atom. The zero-order chi connectivity index (χ0) is 23.6. The molecular weight excluding hydrogens is 420 g/mol. The number of carbonyl (C=O) groups excluding carboxylic acids is 2. The molecule has 2 aromatic carbocycles. The van der Waals surface area contributed by atoms with Crippen molar-refractivity contribution in [3.05, 3.63) is 71.3 Å². The Morgan fingerprint density at radius 1 is 1.06 bits per heavy atom. The first-order valence-electron chi connectivity index (χ1n) is 10.7. The summed E-state index contributed by atoms with van der Waals surface area (Å²) >= 11 is 0. The summed E-state index contributed by atoms with van der Waals surface area (Å²) in [4.78, 5) is 39.4. The van der Waals surface area contributed by atoms with Crippen LogP contribution in [0.3, 0.4) is 0 Å². The van der Waals surface area contributed by atoms with Crippen LogP contribution in [0, 0.1) is 24.2 Å². The Labute approximate surface area is 191 Å². The summed E-state index contributed by atoms with van der Waals surface area (Å²) in [5.74, 6) is -2.21. The number of rotatable bonds is 7. The van der Waals surface area contributed by atoms with Gasteiger partial charge in [0.1, 0.15) is 0 Å². The minimum Gasteiger partial charge on any atom is -0.480 e. The molecule has 7 nitrogen and oxygen atoms in total. The van der Waals surface area contributed by atoms with Crippen molar-refractivity contribution in [2.24, 2.45) is 11.8 Å². The highest BCUT2D eigenvalue weighted by Crippen LogP contribution is 2.48. The molecule has 4 unspecified atom stereocenters. The fourth-order valence-corrected chi connectivity index (χ4v) is 4.73. The lowest BCUT2D eigenvalue weighted by Gasteiger charge is -2.29. The van der Waals surface area contributed by atoms with Crippen LogP contribution in [0.1, 0.15) is 29.2 Å². The first kappa shape index (κ1) is 22.5. The van der Waals surface area contributed by atoms with Crippen molar-refractivity contribution in [1.82, 2.24) is 10.2 Å². The molecule has 0 aliphatic carbocycles. The van der Waals surface area contributed by atoms with Crippen molar-refractivity contribution >= 4 is 29.9 Å². The molecule has 2 heterocycles. The normalized spacial score (nSPS) is 26.5. The minimum absolute atomic E-state index is 0.0260. The molecule has 2 aromatic rings. The highest BCUT2D eigenvalue weighted by Gasteiger charge is 2.68. The molecule has 0 spiro atoms. The zero-order valence-electron chi connectivity index (χ0n) is 17.8. The van der Waals surface area contributed by atoms with E-state index in [9.17, 15) is 24.6 Å². The van der Waals surface area contributed by atoms with Gasteiger partial charge in [-0.2, -0.15) is 0 Å². The average molecular weight is 444 g/mol. The smallest absolute Gasteiger partial charge is 0.327 e. The van der Waals surface area contributed by atoms with Crippen molar-refractivity contribution in [1.29, 1.82) is 0 Å². The number of nitrogens with zero attached hydrogens (tertiary/aromatic N) is 1. The second-order valence-corrected chi connectivity index (χ2v) is 8.25. The second kappa shape index (κ2) is 9.02. The van der Waals surface area contributed by atoms with Gasteiger partial charge in [-0.15, -0.1) is 12.3 Å². The maximum atomic E-state index is 13.2. The van der Waals surface area contributed by atoms with Crippen LogP contribution >= 0.6 is 0 Å². The number of likely N-dealkylation sites (tertiary alicyclic amines) is 1. The van der Waals surface area contributed by atoms with Crippen molar-refractivity contribution in [3.8, 4) is 12.3 Å². The fraction of sp³-hybridized carbons (Fsp3) is 0.269. The van der Waals surface area contributed by atoms with Crippen LogP contribution in [-0.4, -0.2) is 51.6 Å². The molecule has 33 heavy (non-hydrogen) atoms. The van der Waals surface area contributed by atoms with E-state index in [4.69, 9.17) is 6.42 Å². The van der Waals surface area contributed by atoms with Crippen LogP contribution < -0.4 is 5.32 Å². The monoisotopic (exact) mass is 444 g/mol. The first-order chi connectivity index (χ1) is 15.9. The van der Waals surface area contributed by atoms with Gasteiger partial charge in [-0.25, -0.2) is 0 Å². The summed E-state index contributed by atoms with van der Waals surface area (Å²) < 4.78 is 0. The lowest BCUT2D eigenvalue weighted by atomic mass is 9.79. The first-order valence-corrected chi connectivity index (χ1v) is 10.7. The van der Waals surface area contributed by atoms with Gasteiger partial charge < -0.3 is 10.2 Å². The average Bonchev–Trinajstić information content (AvgIpc) is 3.31. The summed E-state index contributed by atoms with van der Waals surface area (Å²) in [5, 5.41) is 22.8. The van der Waals surface area contributed by atoms with Crippen LogP contribution in [0.15, 0.2) is 54.6 Å². The van der Waals surface area contributed by atoms with E-state index >= 15 is 0 Å². The third kappa shape index (κ3) is 3.84. The van der Waals surface area contributed by atoms with Gasteiger partial charge in [0.05, 0.1) is 18.4 Å². The van der Waals surface area contributed by atoms with Crippen molar-refractivity contribution in [2.45, 2.75) is 18.0 Å². The van der Waals surface area contributed by atoms with E-state index in [2.05, 4.69) is 11.2 Å². The number of carboxylic acid groups (broad SMARTS) is 1. The summed E-state index contributed by atoms with van der Waals surface area (Å²) in [6, 6.07) is 16.4. The number of benzene rings is 2. The number of aliphatic hydroxyl groups excluding tert-OH is 1. The summed E-state index contributed by atoms with van der Waals surface area (Å²) in [7, 11) is 0. The number of aliphatic carboxylic acids is 1. The number of hydrogen-bond donors (Lipinski definition) is 3. The minimum atomic E-state index is -1.95. The Hall–Kier alpha value is -3.73. The molecule has 4 atom stereocenters. The fourth-order valence-electron chi connectivity index (χ4n) is 4.73. The molecule has 0 aromatic heterocycles. The van der Waals surface area contributed by atoms with Crippen molar-refractivity contribution in [2.75, 3.05) is 13.2 Å². The van der Waals surface area contributed by atoms with E-state index in [1.54, 1.807) is 12.1 Å². The molecule has 2 amide bonds. The number of fused-ring (bicyclic) bond motifs is 1. The molecule has 0 bridgehead atoms. The molecule has 2 fully saturated rings. The van der Waals surface area contributed by atoms with Crippen LogP contribution in [0.4, 0.5) is 0 Å². The predicted octanol–water partition coefficient (Wildman–Crippen LogP) is 1.94. The molecule has 2 saturated heterocycles. The zero-order valence-corrected chi connectivity index (χ0v) is 17.8. The van der Waals surface area contributed by atoms with Crippen molar-refractivity contribution in [3.63, 3.8) is 0 Å². The van der Waals surface area contributed by atoms with Gasteiger partial charge in [0.15, 0.2) is 5.54 Å². The van der Waals surface area contributed by atoms with Crippen LogP contribution in [0.25, 0.3) is 12.2 Å². The number of aliphatic hydroxyl groups is 1. The van der Waals surface area contributed by atoms with Gasteiger partial charge in [-0.1, -0.05) is 66.7 Å². The Morgan fingerprint density at radius 3 is 2.27 bits per heavy atom. The quantitative estimate of drug-likeness (QED) is 0.342. The van der Waals surface area contributed by atoms with Crippen molar-refractivity contribution < 1.29 is 24.6 Å². The summed E-state index contributed by atoms with van der Waals surface area (Å²) in [6.07, 6.45) is 9.39. The predicted molar refractivity (Wildman–Crippen MR) is 122 cm³/mol. The molecular formula is C26H24N2O5. The number of carbonyl (C=O) groups is 3. The highest BCUT2D eigenvalue weighted by molar-refractivity contribution is 6.09. The topological polar surface area (TPSA) is 107 Å². The Kier molecular flexibility index (Phi) is 6.14. The summed E-state index contributed by atoms with van der Waals surface area (Å²) in [6.45, 7) is -0.794. The summed E-state index contributed by atoms with van der Waals surface area (Å²) in [5.41, 5.74) is 0.698. The molecule has 4 rings (SSSR count). The third-order valence-corrected chi connectivity index (χ3v) is 6.42. The molecule has 7 heteroatoms. The van der Waals surface area contributed by atoms with Crippen LogP contribution in [0.2, 0.25) is 0 Å². The molecule has 2 aliphatic heterocycles. The standard InChI is InChI=1S/C26H24N2O5/c1-2-3-15-28-23(30)20-21(24(28)31)26(16-29,25(32)33)27-22(20)19-13-11-18(12-14-19)10-9-17-7-5-4-6-8-17/h1,4-14,20-22,27,29H,3,15-16H2,(H,32,33). The van der Waals surface area contributed by atoms with E-state index in [1.807, 2.05) is 54.6 Å². The molecule has 168 valence electrons. The number of amides is 2. The van der Waals surface area contributed by atoms with E-state index < -0.39 is 47.8 Å². The van der Waals surface area contributed by atoms with E-state index in [1.165, 1.54) is 0 Å². The number of carboxylic acids is 1. The number of terminal acetylenes is 1. The maximum Gasteiger partial charge on any atom is 0.327 e. The van der Waals surface area contributed by atoms with Gasteiger partial charge in [-0.3, -0.25) is 24.6 Å². The second-order valence-electron chi connectivity index (χ2n) is 8.25. The number of hydrogen-bond acceptors (Lipinski definition) is 5. The SMILES string of the molecule is C#CCCN1C(=O)C2C(c3ccc(C=Cc4ccccc4)cc3)NC(CO)(C(=O)O)C2C1=O. The Balaban J connectivity index is 1.65. The van der Waals surface area contributed by atoms with Gasteiger partial charge in [0, 0.05) is 19.0 Å². The number of imide groups is 1. The molecule has 0 radical (unpaired) electrons. The number of nitrogens with one attached hydrogen (secondary N) is 1. The highest BCUT2D eigenvalue weighted by atomic mass is 16.4. The Bertz CT molecular complexity index is 1140. The molecule has 2 aliphatic rings. The van der Waals surface area contributed by atoms with Crippen LogP contribution in [-0.2, 0) is 14.4 Å². The van der Waals surface area contributed by atoms with E-state index in [0.717, 1.165) is 16.0 Å². The van der Waals surface area contributed by atoms with Crippen LogP contribution in [0.5, 0.6) is 0 Å². The lowest BCUT2D eigenvalue weighted by Crippen LogP contribution is -2.58. The van der Waals surface area contributed by atoms with Gasteiger partial charge in [-0.05, 0) is 16.7 Å².